The van der Waals surface area contributed by atoms with Gasteiger partial charge in [-0.3, -0.25) is 14.3 Å². The highest BCUT2D eigenvalue weighted by atomic mass is 32.2. The minimum atomic E-state index is -3.99. The molecule has 0 bridgehead atoms. The molecule has 0 saturated carbocycles. The van der Waals surface area contributed by atoms with Crippen LogP contribution in [0.1, 0.15) is 34.2 Å². The highest BCUT2D eigenvalue weighted by Crippen LogP contribution is 2.28. The number of aliphatic carboxylic acids is 1. The number of amides is 1. The van der Waals surface area contributed by atoms with Crippen LogP contribution in [0.25, 0.3) is 0 Å². The number of aliphatic hydroxyl groups is 2. The maximum Gasteiger partial charge on any atom is 0.313 e. The predicted octanol–water partition coefficient (Wildman–Crippen LogP) is 1.71. The van der Waals surface area contributed by atoms with Gasteiger partial charge in [0, 0.05) is 42.7 Å². The molecule has 2 aromatic heterocycles. The van der Waals surface area contributed by atoms with Crippen LogP contribution >= 0.6 is 0 Å². The molecule has 1 aliphatic rings. The number of aliphatic hydroxyl groups excluding tert-OH is 2. The Bertz CT molecular complexity index is 1740. The molecule has 45 heavy (non-hydrogen) atoms. The number of fused-ring (bicyclic) bond motifs is 1. The number of carbonyl (C=O) groups excluding carboxylic acids is 1. The third kappa shape index (κ3) is 7.42. The summed E-state index contributed by atoms with van der Waals surface area (Å²) in [5.41, 5.74) is 1.11. The minimum absolute atomic E-state index is 0.0116. The number of hydrogen-bond donors (Lipinski definition) is 3. The quantitative estimate of drug-likeness (QED) is 0.217. The Morgan fingerprint density at radius 1 is 0.933 bits per heavy atom. The lowest BCUT2D eigenvalue weighted by atomic mass is 9.98. The van der Waals surface area contributed by atoms with Crippen LogP contribution in [-0.4, -0.2) is 86.4 Å². The number of ether oxygens (including phenoxy) is 1. The molecule has 1 amide bonds. The van der Waals surface area contributed by atoms with Crippen molar-refractivity contribution in [3.63, 3.8) is 0 Å². The molecule has 0 radical (unpaired) electrons. The minimum Gasteiger partial charge on any atom is -0.481 e. The van der Waals surface area contributed by atoms with Gasteiger partial charge in [-0.05, 0) is 18.2 Å². The maximum absolute atomic E-state index is 14.1. The number of halogens is 2. The molecule has 0 saturated heterocycles. The Labute approximate surface area is 257 Å². The zero-order valence-corrected chi connectivity index (χ0v) is 24.8. The predicted molar refractivity (Wildman–Crippen MR) is 153 cm³/mol. The molecule has 13 nitrogen and oxygen atoms in total. The Hall–Kier alpha value is -4.51. The Balaban J connectivity index is 0.000000297. The van der Waals surface area contributed by atoms with Gasteiger partial charge in [-0.15, -0.1) is 0 Å². The van der Waals surface area contributed by atoms with Crippen molar-refractivity contribution in [1.82, 2.24) is 23.9 Å². The molecule has 5 rings (SSSR count). The van der Waals surface area contributed by atoms with Gasteiger partial charge in [-0.2, -0.15) is 22.7 Å². The molecule has 4 aromatic rings. The molecule has 1 aliphatic heterocycles. The van der Waals surface area contributed by atoms with Crippen LogP contribution in [0, 0.1) is 11.6 Å². The summed E-state index contributed by atoms with van der Waals surface area (Å²) in [4.78, 5) is 24.9. The van der Waals surface area contributed by atoms with Crippen molar-refractivity contribution in [1.29, 1.82) is 0 Å². The fourth-order valence-corrected chi connectivity index (χ4v) is 5.75. The zero-order valence-electron chi connectivity index (χ0n) is 24.0. The normalized spacial score (nSPS) is 13.9. The number of carboxylic acids is 1. The summed E-state index contributed by atoms with van der Waals surface area (Å²) in [6.07, 6.45) is 2.89. The second-order valence-electron chi connectivity index (χ2n) is 9.93. The maximum atomic E-state index is 14.1. The van der Waals surface area contributed by atoms with Crippen LogP contribution in [0.2, 0.25) is 0 Å². The van der Waals surface area contributed by atoms with Crippen LogP contribution in [-0.2, 0) is 44.0 Å². The van der Waals surface area contributed by atoms with Gasteiger partial charge in [-0.1, -0.05) is 36.4 Å². The largest absolute Gasteiger partial charge is 0.481 e. The number of hydrogen-bond acceptors (Lipinski definition) is 9. The van der Waals surface area contributed by atoms with E-state index in [2.05, 4.69) is 10.2 Å². The third-order valence-electron chi connectivity index (χ3n) is 7.04. The summed E-state index contributed by atoms with van der Waals surface area (Å²) < 4.78 is 60.1. The molecule has 0 spiro atoms. The fourth-order valence-electron chi connectivity index (χ4n) is 4.65. The van der Waals surface area contributed by atoms with E-state index < -0.39 is 58.6 Å². The summed E-state index contributed by atoms with van der Waals surface area (Å²) in [7, 11) is -2.45. The highest BCUT2D eigenvalue weighted by molar-refractivity contribution is 7.89. The first-order chi connectivity index (χ1) is 21.5. The van der Waals surface area contributed by atoms with E-state index >= 15 is 0 Å². The van der Waals surface area contributed by atoms with Gasteiger partial charge < -0.3 is 25.0 Å². The number of methoxy groups -OCH3 is 1. The van der Waals surface area contributed by atoms with Crippen molar-refractivity contribution in [2.75, 3.05) is 26.9 Å². The van der Waals surface area contributed by atoms with Crippen molar-refractivity contribution in [3.05, 3.63) is 101 Å². The fraction of sp³-hybridized carbons (Fsp3) is 0.310. The van der Waals surface area contributed by atoms with E-state index in [4.69, 9.17) is 14.9 Å². The number of carbonyl (C=O) groups is 2. The van der Waals surface area contributed by atoms with E-state index in [1.54, 1.807) is 19.4 Å². The summed E-state index contributed by atoms with van der Waals surface area (Å²) in [6, 6.07) is 12.7. The number of benzene rings is 2. The van der Waals surface area contributed by atoms with Gasteiger partial charge in [0.05, 0.1) is 44.5 Å². The average Bonchev–Trinajstić information content (AvgIpc) is 3.75. The average molecular weight is 648 g/mol. The Morgan fingerprint density at radius 2 is 1.53 bits per heavy atom. The van der Waals surface area contributed by atoms with Crippen molar-refractivity contribution in [3.8, 4) is 0 Å². The standard InChI is InChI=1S/C20H22FN5O5S.C9H9FO3/c1-31-9-8-25-7-6-19(23-25)32(29,30)26-11-14-10-24(12-18(14)22-26)20(28)16(13-27)15-4-2-3-5-17(15)21;10-8-4-2-1-3-6(8)7(5-11)9(12)13/h2-7,11,16,27H,8-10,12-13H2,1H3;1-4,7,11H,5H2,(H,12,13)/t16-;7-/m11/s1. The van der Waals surface area contributed by atoms with Gasteiger partial charge in [0.25, 0.3) is 0 Å². The van der Waals surface area contributed by atoms with E-state index in [0.29, 0.717) is 24.4 Å². The molecule has 16 heteroatoms. The number of carboxylic acid groups (broad SMARTS) is 1. The van der Waals surface area contributed by atoms with Crippen LogP contribution in [0.4, 0.5) is 8.78 Å². The first-order valence-corrected chi connectivity index (χ1v) is 15.0. The van der Waals surface area contributed by atoms with E-state index in [-0.39, 0.29) is 29.2 Å². The Morgan fingerprint density at radius 3 is 2.07 bits per heavy atom. The molecule has 3 heterocycles. The third-order valence-corrected chi connectivity index (χ3v) is 8.47. The van der Waals surface area contributed by atoms with Gasteiger partial charge >= 0.3 is 16.0 Å². The van der Waals surface area contributed by atoms with Gasteiger partial charge in [0.1, 0.15) is 17.6 Å². The second-order valence-corrected chi connectivity index (χ2v) is 11.7. The lowest BCUT2D eigenvalue weighted by Gasteiger charge is -2.22. The monoisotopic (exact) mass is 647 g/mol. The van der Waals surface area contributed by atoms with Crippen molar-refractivity contribution >= 4 is 21.9 Å². The lowest BCUT2D eigenvalue weighted by Crippen LogP contribution is -2.33. The molecule has 0 fully saturated rings. The Kier molecular flexibility index (Phi) is 10.8. The topological polar surface area (TPSA) is 177 Å². The van der Waals surface area contributed by atoms with Crippen LogP contribution in [0.15, 0.2) is 72.0 Å². The van der Waals surface area contributed by atoms with E-state index in [0.717, 1.165) is 4.09 Å². The van der Waals surface area contributed by atoms with E-state index in [1.165, 1.54) is 64.3 Å². The number of nitrogens with zero attached hydrogens (tertiary/aromatic N) is 5. The first-order valence-electron chi connectivity index (χ1n) is 13.6. The van der Waals surface area contributed by atoms with E-state index in [1.807, 2.05) is 0 Å². The second kappa shape index (κ2) is 14.5. The molecule has 0 aliphatic carbocycles. The highest BCUT2D eigenvalue weighted by Gasteiger charge is 2.34. The van der Waals surface area contributed by atoms with Gasteiger partial charge in [-0.25, -0.2) is 8.78 Å². The summed E-state index contributed by atoms with van der Waals surface area (Å²) in [5.74, 6) is -5.09. The molecular weight excluding hydrogens is 616 g/mol. The first kappa shape index (κ1) is 33.4. The summed E-state index contributed by atoms with van der Waals surface area (Å²) in [6.45, 7) is -0.180. The van der Waals surface area contributed by atoms with Gasteiger partial charge in [0.2, 0.25) is 5.91 Å². The molecule has 0 unspecified atom stereocenters. The number of aromatic nitrogens is 4. The lowest BCUT2D eigenvalue weighted by molar-refractivity contribution is -0.140. The molecule has 240 valence electrons. The summed E-state index contributed by atoms with van der Waals surface area (Å²) >= 11 is 0. The van der Waals surface area contributed by atoms with Crippen LogP contribution in [0.5, 0.6) is 0 Å². The molecular formula is C29H31F2N5O8S. The summed E-state index contributed by atoms with van der Waals surface area (Å²) in [5, 5.41) is 35.1. The molecule has 3 N–H and O–H groups in total. The van der Waals surface area contributed by atoms with Crippen molar-refractivity contribution in [2.45, 2.75) is 36.5 Å². The van der Waals surface area contributed by atoms with Crippen LogP contribution in [0.3, 0.4) is 0 Å². The zero-order chi connectivity index (χ0) is 32.7. The SMILES string of the molecule is COCCn1ccc(S(=O)(=O)n2cc3c(n2)CN(C(=O)[C@H](CO)c2ccccc2F)C3)n1.O=C(O)[C@H](CO)c1ccccc1F. The molecule has 2 aromatic carbocycles. The van der Waals surface area contributed by atoms with Gasteiger partial charge in [0.15, 0.2) is 5.03 Å². The van der Waals surface area contributed by atoms with E-state index in [9.17, 15) is 31.9 Å². The van der Waals surface area contributed by atoms with Crippen LogP contribution < -0.4 is 0 Å². The van der Waals surface area contributed by atoms with Crippen molar-refractivity contribution in [2.24, 2.45) is 0 Å². The smallest absolute Gasteiger partial charge is 0.313 e. The van der Waals surface area contributed by atoms with Crippen molar-refractivity contribution < 1.29 is 46.8 Å². The number of rotatable bonds is 11. The molecule has 2 atom stereocenters.